The summed E-state index contributed by atoms with van der Waals surface area (Å²) in [5, 5.41) is 16.1. The molecule has 0 spiro atoms. The minimum absolute atomic E-state index is 0.0158. The second-order valence-corrected chi connectivity index (χ2v) is 7.43. The molecule has 1 saturated heterocycles. The Hall–Kier alpha value is -4.48. The van der Waals surface area contributed by atoms with Crippen molar-refractivity contribution in [2.45, 2.75) is 13.3 Å². The zero-order valence-corrected chi connectivity index (χ0v) is 18.4. The first-order valence-electron chi connectivity index (χ1n) is 10.1. The van der Waals surface area contributed by atoms with E-state index in [1.165, 1.54) is 37.1 Å². The van der Waals surface area contributed by atoms with Gasteiger partial charge in [0.1, 0.15) is 5.75 Å². The predicted molar refractivity (Wildman–Crippen MR) is 120 cm³/mol. The van der Waals surface area contributed by atoms with E-state index in [4.69, 9.17) is 9.47 Å². The van der Waals surface area contributed by atoms with Gasteiger partial charge in [0.25, 0.3) is 11.6 Å². The lowest BCUT2D eigenvalue weighted by Crippen LogP contribution is -2.28. The summed E-state index contributed by atoms with van der Waals surface area (Å²) in [6, 6.07) is 10.2. The molecule has 0 aliphatic carbocycles. The van der Waals surface area contributed by atoms with Gasteiger partial charge < -0.3 is 25.0 Å². The molecule has 178 valence electrons. The van der Waals surface area contributed by atoms with Gasteiger partial charge in [-0.15, -0.1) is 0 Å². The monoisotopic (exact) mass is 470 g/mol. The quantitative estimate of drug-likeness (QED) is 0.337. The largest absolute Gasteiger partial charge is 0.494 e. The molecule has 0 aromatic heterocycles. The van der Waals surface area contributed by atoms with Crippen molar-refractivity contribution in [3.63, 3.8) is 0 Å². The number of nitro groups is 1. The number of hydrogen-bond donors (Lipinski definition) is 2. The number of nitro benzene ring substituents is 1. The van der Waals surface area contributed by atoms with Crippen LogP contribution in [0.25, 0.3) is 0 Å². The lowest BCUT2D eigenvalue weighted by atomic mass is 10.1. The number of carbonyl (C=O) groups is 4. The highest BCUT2D eigenvalue weighted by atomic mass is 16.6. The number of anilines is 3. The molecule has 0 radical (unpaired) electrons. The van der Waals surface area contributed by atoms with Crippen molar-refractivity contribution in [1.29, 1.82) is 0 Å². The highest BCUT2D eigenvalue weighted by Gasteiger charge is 2.37. The number of non-ortho nitro benzene ring substituents is 1. The molecule has 3 amide bonds. The number of rotatable bonds is 8. The van der Waals surface area contributed by atoms with E-state index in [1.54, 1.807) is 24.3 Å². The highest BCUT2D eigenvalue weighted by Crippen LogP contribution is 2.36. The van der Waals surface area contributed by atoms with Crippen molar-refractivity contribution in [2.24, 2.45) is 5.92 Å². The third-order valence-electron chi connectivity index (χ3n) is 4.96. The number of methoxy groups -OCH3 is 1. The Kier molecular flexibility index (Phi) is 7.41. The lowest BCUT2D eigenvalue weighted by Gasteiger charge is -2.19. The fourth-order valence-electron chi connectivity index (χ4n) is 3.39. The van der Waals surface area contributed by atoms with Crippen LogP contribution in [0.2, 0.25) is 0 Å². The summed E-state index contributed by atoms with van der Waals surface area (Å²) in [5.74, 6) is -2.57. The van der Waals surface area contributed by atoms with Crippen LogP contribution in [0.3, 0.4) is 0 Å². The van der Waals surface area contributed by atoms with E-state index >= 15 is 0 Å². The summed E-state index contributed by atoms with van der Waals surface area (Å²) in [5.41, 5.74) is 1.12. The van der Waals surface area contributed by atoms with Crippen LogP contribution >= 0.6 is 0 Å². The van der Waals surface area contributed by atoms with E-state index < -0.39 is 29.3 Å². The number of nitrogens with zero attached hydrogens (tertiary/aromatic N) is 2. The van der Waals surface area contributed by atoms with Gasteiger partial charge >= 0.3 is 5.97 Å². The number of carbonyl (C=O) groups excluding carboxylic acids is 4. The molecule has 2 N–H and O–H groups in total. The Bertz CT molecular complexity index is 1130. The van der Waals surface area contributed by atoms with Gasteiger partial charge in [0.2, 0.25) is 11.8 Å². The van der Waals surface area contributed by atoms with Crippen molar-refractivity contribution in [3.05, 3.63) is 52.6 Å². The van der Waals surface area contributed by atoms with Crippen LogP contribution in [-0.4, -0.2) is 48.9 Å². The zero-order chi connectivity index (χ0) is 24.8. The maximum atomic E-state index is 12.5. The molecule has 12 heteroatoms. The molecule has 0 bridgehead atoms. The Morgan fingerprint density at radius 1 is 1.12 bits per heavy atom. The summed E-state index contributed by atoms with van der Waals surface area (Å²) in [7, 11) is 1.32. The Morgan fingerprint density at radius 2 is 1.76 bits per heavy atom. The summed E-state index contributed by atoms with van der Waals surface area (Å²) >= 11 is 0. The summed E-state index contributed by atoms with van der Waals surface area (Å²) in [4.78, 5) is 59.7. The summed E-state index contributed by atoms with van der Waals surface area (Å²) < 4.78 is 10.2. The lowest BCUT2D eigenvalue weighted by molar-refractivity contribution is -0.384. The minimum atomic E-state index is -0.808. The molecule has 1 aliphatic rings. The molecule has 2 aromatic carbocycles. The third kappa shape index (κ3) is 5.85. The average Bonchev–Trinajstić information content (AvgIpc) is 3.19. The van der Waals surface area contributed by atoms with Gasteiger partial charge in [-0.05, 0) is 30.3 Å². The van der Waals surface area contributed by atoms with Crippen LogP contribution in [0.5, 0.6) is 5.75 Å². The summed E-state index contributed by atoms with van der Waals surface area (Å²) in [6.45, 7) is 0.819. The molecule has 12 nitrogen and oxygen atoms in total. The maximum absolute atomic E-state index is 12.5. The van der Waals surface area contributed by atoms with E-state index in [0.717, 1.165) is 0 Å². The van der Waals surface area contributed by atoms with Gasteiger partial charge in [-0.25, -0.2) is 0 Å². The number of amides is 3. The van der Waals surface area contributed by atoms with Crippen LogP contribution in [-0.2, 0) is 23.9 Å². The van der Waals surface area contributed by atoms with E-state index in [2.05, 4.69) is 10.6 Å². The van der Waals surface area contributed by atoms with Crippen LogP contribution in [0.4, 0.5) is 22.7 Å². The van der Waals surface area contributed by atoms with Crippen molar-refractivity contribution in [3.8, 4) is 5.75 Å². The van der Waals surface area contributed by atoms with Gasteiger partial charge in [-0.3, -0.25) is 29.3 Å². The highest BCUT2D eigenvalue weighted by molar-refractivity contribution is 6.01. The van der Waals surface area contributed by atoms with Crippen LogP contribution in [0, 0.1) is 16.0 Å². The van der Waals surface area contributed by atoms with Crippen LogP contribution in [0.15, 0.2) is 42.5 Å². The van der Waals surface area contributed by atoms with Crippen molar-refractivity contribution < 1.29 is 33.6 Å². The Labute approximate surface area is 194 Å². The topological polar surface area (TPSA) is 157 Å². The maximum Gasteiger partial charge on any atom is 0.311 e. The van der Waals surface area contributed by atoms with E-state index in [1.807, 2.05) is 0 Å². The van der Waals surface area contributed by atoms with E-state index in [0.29, 0.717) is 17.1 Å². The molecular weight excluding hydrogens is 448 g/mol. The first kappa shape index (κ1) is 24.2. The SMILES string of the molecule is COc1cc([N+](=O)[O-])ccc1N1C[C@H](C(=O)OCC(=O)Nc2ccc(NC(C)=O)cc2)CC1=O. The average molecular weight is 470 g/mol. The standard InChI is InChI=1S/C22H22N4O8/c1-13(27)23-15-3-5-16(6-4-15)24-20(28)12-34-22(30)14-9-21(29)25(11-14)18-8-7-17(26(31)32)10-19(18)33-2/h3-8,10,14H,9,11-12H2,1-2H3,(H,23,27)(H,24,28)/t14-/m1/s1. The van der Waals surface area contributed by atoms with Gasteiger partial charge in [0.15, 0.2) is 6.61 Å². The van der Waals surface area contributed by atoms with Gasteiger partial charge in [0.05, 0.1) is 29.7 Å². The van der Waals surface area contributed by atoms with Gasteiger partial charge in [-0.1, -0.05) is 0 Å². The molecule has 1 heterocycles. The number of hydrogen-bond acceptors (Lipinski definition) is 8. The number of esters is 1. The van der Waals surface area contributed by atoms with Gasteiger partial charge in [-0.2, -0.15) is 0 Å². The van der Waals surface area contributed by atoms with Crippen LogP contribution in [0.1, 0.15) is 13.3 Å². The van der Waals surface area contributed by atoms with Crippen molar-refractivity contribution in [2.75, 3.05) is 35.8 Å². The number of ether oxygens (including phenoxy) is 2. The Balaban J connectivity index is 1.55. The Morgan fingerprint density at radius 3 is 2.35 bits per heavy atom. The third-order valence-corrected chi connectivity index (χ3v) is 4.96. The molecule has 1 fully saturated rings. The summed E-state index contributed by atoms with van der Waals surface area (Å²) in [6.07, 6.45) is -0.134. The fourth-order valence-corrected chi connectivity index (χ4v) is 3.39. The number of nitrogens with one attached hydrogen (secondary N) is 2. The molecule has 3 rings (SSSR count). The number of benzene rings is 2. The van der Waals surface area contributed by atoms with Crippen molar-refractivity contribution in [1.82, 2.24) is 0 Å². The normalized spacial score (nSPS) is 14.9. The van der Waals surface area contributed by atoms with Crippen LogP contribution < -0.4 is 20.3 Å². The molecule has 0 unspecified atom stereocenters. The smallest absolute Gasteiger partial charge is 0.311 e. The minimum Gasteiger partial charge on any atom is -0.494 e. The fraction of sp³-hybridized carbons (Fsp3) is 0.273. The molecule has 34 heavy (non-hydrogen) atoms. The predicted octanol–water partition coefficient (Wildman–Crippen LogP) is 2.10. The molecule has 1 atom stereocenters. The van der Waals surface area contributed by atoms with Crippen molar-refractivity contribution >= 4 is 46.4 Å². The van der Waals surface area contributed by atoms with E-state index in [-0.39, 0.29) is 36.2 Å². The zero-order valence-electron chi connectivity index (χ0n) is 18.4. The van der Waals surface area contributed by atoms with E-state index in [9.17, 15) is 29.3 Å². The molecule has 2 aromatic rings. The molecule has 0 saturated carbocycles. The molecular formula is C22H22N4O8. The first-order chi connectivity index (χ1) is 16.2. The second kappa shape index (κ2) is 10.4. The first-order valence-corrected chi connectivity index (χ1v) is 10.1. The molecule has 1 aliphatic heterocycles. The van der Waals surface area contributed by atoms with Gasteiger partial charge in [0, 0.05) is 37.3 Å². The second-order valence-electron chi connectivity index (χ2n) is 7.43.